The van der Waals surface area contributed by atoms with Crippen LogP contribution in [0.2, 0.25) is 0 Å². The number of carbonyl (C=O) groups is 2. The predicted molar refractivity (Wildman–Crippen MR) is 96.1 cm³/mol. The van der Waals surface area contributed by atoms with Crippen LogP contribution in [0, 0.1) is 12.8 Å². The van der Waals surface area contributed by atoms with Crippen molar-refractivity contribution in [2.24, 2.45) is 11.7 Å². The lowest BCUT2D eigenvalue weighted by Crippen LogP contribution is -2.57. The van der Waals surface area contributed by atoms with E-state index in [1.54, 1.807) is 0 Å². The van der Waals surface area contributed by atoms with Crippen molar-refractivity contribution in [2.75, 3.05) is 26.2 Å². The van der Waals surface area contributed by atoms with Gasteiger partial charge in [-0.1, -0.05) is 12.8 Å². The summed E-state index contributed by atoms with van der Waals surface area (Å²) in [5.41, 5.74) is 5.98. The van der Waals surface area contributed by atoms with Gasteiger partial charge in [0.1, 0.15) is 0 Å². The third-order valence-corrected chi connectivity index (χ3v) is 6.37. The summed E-state index contributed by atoms with van der Waals surface area (Å²) in [5, 5.41) is 0. The molecule has 2 N–H and O–H groups in total. The number of carbonyl (C=O) groups excluding carboxylic acids is 2. The summed E-state index contributed by atoms with van der Waals surface area (Å²) < 4.78 is 0. The van der Waals surface area contributed by atoms with Crippen LogP contribution in [0.1, 0.15) is 47.2 Å². The van der Waals surface area contributed by atoms with E-state index in [2.05, 4.69) is 0 Å². The number of thiophene rings is 1. The van der Waals surface area contributed by atoms with Gasteiger partial charge in [0.15, 0.2) is 0 Å². The zero-order valence-corrected chi connectivity index (χ0v) is 15.4. The van der Waals surface area contributed by atoms with Crippen molar-refractivity contribution in [3.05, 3.63) is 21.9 Å². The molecular weight excluding hydrogens is 322 g/mol. The molecule has 6 heteroatoms. The van der Waals surface area contributed by atoms with Crippen LogP contribution in [0.3, 0.4) is 0 Å². The van der Waals surface area contributed by atoms with E-state index in [0.717, 1.165) is 35.4 Å². The minimum absolute atomic E-state index is 0.0755. The molecule has 0 aromatic carbocycles. The van der Waals surface area contributed by atoms with Gasteiger partial charge in [-0.2, -0.15) is 0 Å². The van der Waals surface area contributed by atoms with E-state index >= 15 is 0 Å². The molecule has 5 nitrogen and oxygen atoms in total. The molecular formula is C18H27N3O2S. The first-order valence-electron chi connectivity index (χ1n) is 8.82. The van der Waals surface area contributed by atoms with Crippen LogP contribution >= 0.6 is 11.3 Å². The van der Waals surface area contributed by atoms with Gasteiger partial charge >= 0.3 is 0 Å². The number of hydrogen-bond acceptors (Lipinski definition) is 4. The van der Waals surface area contributed by atoms with Gasteiger partial charge in [0, 0.05) is 36.6 Å². The number of nitrogens with zero attached hydrogens (tertiary/aromatic N) is 2. The highest BCUT2D eigenvalue weighted by molar-refractivity contribution is 7.13. The Labute approximate surface area is 147 Å². The van der Waals surface area contributed by atoms with Crippen LogP contribution in [0.4, 0.5) is 0 Å². The van der Waals surface area contributed by atoms with E-state index in [1.165, 1.54) is 11.3 Å². The van der Waals surface area contributed by atoms with E-state index in [0.29, 0.717) is 26.2 Å². The van der Waals surface area contributed by atoms with Gasteiger partial charge in [0.2, 0.25) is 5.91 Å². The van der Waals surface area contributed by atoms with E-state index in [9.17, 15) is 9.59 Å². The summed E-state index contributed by atoms with van der Waals surface area (Å²) in [4.78, 5) is 31.1. The van der Waals surface area contributed by atoms with Crippen molar-refractivity contribution >= 4 is 23.2 Å². The van der Waals surface area contributed by atoms with Gasteiger partial charge in [0.05, 0.1) is 10.8 Å². The quantitative estimate of drug-likeness (QED) is 0.890. The lowest BCUT2D eigenvalue weighted by molar-refractivity contribution is -0.140. The highest BCUT2D eigenvalue weighted by atomic mass is 32.1. The molecule has 1 saturated carbocycles. The molecule has 0 radical (unpaired) electrons. The summed E-state index contributed by atoms with van der Waals surface area (Å²) in [6.45, 7) is 6.45. The molecule has 0 bridgehead atoms. The fraction of sp³-hybridized carbons (Fsp3) is 0.667. The number of rotatable bonds is 2. The van der Waals surface area contributed by atoms with E-state index < -0.39 is 5.54 Å². The zero-order chi connectivity index (χ0) is 17.3. The second kappa shape index (κ2) is 6.84. The number of aryl methyl sites for hydroxylation is 1. The molecule has 2 aliphatic rings. The van der Waals surface area contributed by atoms with Gasteiger partial charge in [-0.3, -0.25) is 9.59 Å². The molecule has 2 heterocycles. The van der Waals surface area contributed by atoms with Crippen LogP contribution in [-0.2, 0) is 4.79 Å². The minimum atomic E-state index is -0.392. The molecule has 2 amide bonds. The summed E-state index contributed by atoms with van der Waals surface area (Å²) in [6, 6.07) is 3.87. The van der Waals surface area contributed by atoms with Crippen molar-refractivity contribution in [3.8, 4) is 0 Å². The van der Waals surface area contributed by atoms with Crippen LogP contribution in [0.15, 0.2) is 12.1 Å². The summed E-state index contributed by atoms with van der Waals surface area (Å²) in [5.74, 6) is 0.189. The lowest BCUT2D eigenvalue weighted by Gasteiger charge is -2.42. The van der Waals surface area contributed by atoms with Gasteiger partial charge in [-0.15, -0.1) is 11.3 Å². The predicted octanol–water partition coefficient (Wildman–Crippen LogP) is 2.25. The molecule has 24 heavy (non-hydrogen) atoms. The van der Waals surface area contributed by atoms with Crippen molar-refractivity contribution in [3.63, 3.8) is 0 Å². The Balaban J connectivity index is 1.58. The zero-order valence-electron chi connectivity index (χ0n) is 14.6. The molecule has 0 spiro atoms. The molecule has 1 aromatic rings. The van der Waals surface area contributed by atoms with Gasteiger partial charge < -0.3 is 15.5 Å². The second-order valence-electron chi connectivity index (χ2n) is 7.33. The normalized spacial score (nSPS) is 28.0. The number of hydrogen-bond donors (Lipinski definition) is 1. The van der Waals surface area contributed by atoms with Crippen LogP contribution in [0.5, 0.6) is 0 Å². The molecule has 1 aliphatic heterocycles. The van der Waals surface area contributed by atoms with Crippen molar-refractivity contribution < 1.29 is 9.59 Å². The minimum Gasteiger partial charge on any atom is -0.339 e. The number of nitrogens with two attached hydrogens (primary N) is 1. The Morgan fingerprint density at radius 3 is 2.42 bits per heavy atom. The maximum Gasteiger partial charge on any atom is 0.264 e. The Hall–Kier alpha value is -1.40. The molecule has 132 valence electrons. The number of piperazine rings is 1. The summed E-state index contributed by atoms with van der Waals surface area (Å²) in [7, 11) is 0. The standard InChI is InChI=1S/C18H27N3O2S/c1-13-6-7-15(24-13)17(23)21-11-9-20(10-12-21)16(22)14-5-3-4-8-18(14,2)19/h6-7,14H,3-5,8-12,19H2,1-2H3. The largest absolute Gasteiger partial charge is 0.339 e. The first-order valence-corrected chi connectivity index (χ1v) is 9.63. The average molecular weight is 350 g/mol. The molecule has 2 fully saturated rings. The van der Waals surface area contributed by atoms with Crippen molar-refractivity contribution in [2.45, 2.75) is 45.1 Å². The molecule has 2 atom stereocenters. The van der Waals surface area contributed by atoms with Crippen LogP contribution in [-0.4, -0.2) is 53.3 Å². The second-order valence-corrected chi connectivity index (χ2v) is 8.62. The SMILES string of the molecule is Cc1ccc(C(=O)N2CCN(C(=O)C3CCCCC3(C)N)CC2)s1. The van der Waals surface area contributed by atoms with Crippen molar-refractivity contribution in [1.82, 2.24) is 9.80 Å². The van der Waals surface area contributed by atoms with Gasteiger partial charge in [-0.05, 0) is 38.8 Å². The first-order chi connectivity index (χ1) is 11.4. The van der Waals surface area contributed by atoms with E-state index in [1.807, 2.05) is 35.8 Å². The Morgan fingerprint density at radius 2 is 1.83 bits per heavy atom. The molecule has 2 unspecified atom stereocenters. The third kappa shape index (κ3) is 3.49. The Bertz CT molecular complexity index is 618. The Kier molecular flexibility index (Phi) is 4.97. The van der Waals surface area contributed by atoms with Gasteiger partial charge in [0.25, 0.3) is 5.91 Å². The fourth-order valence-electron chi connectivity index (χ4n) is 3.82. The molecule has 1 aromatic heterocycles. The maximum absolute atomic E-state index is 12.9. The van der Waals surface area contributed by atoms with E-state index in [-0.39, 0.29) is 17.7 Å². The summed E-state index contributed by atoms with van der Waals surface area (Å²) >= 11 is 1.53. The molecule has 1 aliphatic carbocycles. The highest BCUT2D eigenvalue weighted by Gasteiger charge is 2.40. The molecule has 3 rings (SSSR count). The molecule has 1 saturated heterocycles. The smallest absolute Gasteiger partial charge is 0.264 e. The van der Waals surface area contributed by atoms with Crippen LogP contribution in [0.25, 0.3) is 0 Å². The van der Waals surface area contributed by atoms with E-state index in [4.69, 9.17) is 5.73 Å². The Morgan fingerprint density at radius 1 is 1.17 bits per heavy atom. The number of amides is 2. The third-order valence-electron chi connectivity index (χ3n) is 5.38. The maximum atomic E-state index is 12.9. The van der Waals surface area contributed by atoms with Gasteiger partial charge in [-0.25, -0.2) is 0 Å². The lowest BCUT2D eigenvalue weighted by atomic mass is 9.74. The first kappa shape index (κ1) is 17.4. The fourth-order valence-corrected chi connectivity index (χ4v) is 4.65. The summed E-state index contributed by atoms with van der Waals surface area (Å²) in [6.07, 6.45) is 4.00. The average Bonchev–Trinajstić information content (AvgIpc) is 3.00. The topological polar surface area (TPSA) is 66.6 Å². The highest BCUT2D eigenvalue weighted by Crippen LogP contribution is 2.33. The monoisotopic (exact) mass is 349 g/mol. The van der Waals surface area contributed by atoms with Crippen molar-refractivity contribution in [1.29, 1.82) is 0 Å². The van der Waals surface area contributed by atoms with Crippen LogP contribution < -0.4 is 5.73 Å².